The third-order valence-corrected chi connectivity index (χ3v) is 7.34. The average Bonchev–Trinajstić information content (AvgIpc) is 3.34. The summed E-state index contributed by atoms with van der Waals surface area (Å²) >= 11 is 0. The molecule has 0 spiro atoms. The summed E-state index contributed by atoms with van der Waals surface area (Å²) in [4.78, 5) is 82.9. The molecule has 3 atom stereocenters. The van der Waals surface area contributed by atoms with Crippen LogP contribution in [0.3, 0.4) is 0 Å². The van der Waals surface area contributed by atoms with Crippen molar-refractivity contribution < 1.29 is 67.9 Å². The number of aliphatic hydroxyl groups is 1. The van der Waals surface area contributed by atoms with Crippen molar-refractivity contribution >= 4 is 40.7 Å². The monoisotopic (exact) mass is 671 g/mol. The Labute approximate surface area is 253 Å². The van der Waals surface area contributed by atoms with Gasteiger partial charge in [-0.05, 0) is 10.9 Å². The molecular formula is C22H37N6O14P2+. The smallest absolute Gasteiger partial charge is 0.480 e. The van der Waals surface area contributed by atoms with Gasteiger partial charge in [0.15, 0.2) is 0 Å². The number of hydrogen-bond acceptors (Lipinski definition) is 14. The number of carboxylic acids is 3. The lowest BCUT2D eigenvalue weighted by Crippen LogP contribution is -2.47. The molecule has 248 valence electrons. The molecule has 0 aromatic carbocycles. The fourth-order valence-corrected chi connectivity index (χ4v) is 5.24. The van der Waals surface area contributed by atoms with E-state index in [4.69, 9.17) is 14.7 Å². The largest absolute Gasteiger partial charge is 0.700 e. The van der Waals surface area contributed by atoms with E-state index in [1.807, 2.05) is 0 Å². The predicted octanol–water partition coefficient (Wildman–Crippen LogP) is -2.60. The SMILES string of the molecule is O=C(O)CN1CCN(CC(=O)O)CCN(C(CCC(=O)NCCc2cn(CC(O)(OP(O)O)O[P+](=O)O)cn2)C(=O)O)CC1. The van der Waals surface area contributed by atoms with Crippen LogP contribution in [0.5, 0.6) is 0 Å². The van der Waals surface area contributed by atoms with Crippen LogP contribution in [0.15, 0.2) is 12.5 Å². The molecule has 0 radical (unpaired) electrons. The van der Waals surface area contributed by atoms with E-state index in [1.165, 1.54) is 17.1 Å². The van der Waals surface area contributed by atoms with Gasteiger partial charge in [0.25, 0.3) is 0 Å². The molecule has 2 heterocycles. The van der Waals surface area contributed by atoms with Crippen LogP contribution in [0.2, 0.25) is 0 Å². The van der Waals surface area contributed by atoms with Crippen LogP contribution in [-0.2, 0) is 45.8 Å². The molecule has 0 aliphatic carbocycles. The van der Waals surface area contributed by atoms with Crippen LogP contribution in [0.4, 0.5) is 0 Å². The van der Waals surface area contributed by atoms with Crippen molar-refractivity contribution in [3.8, 4) is 0 Å². The first-order valence-electron chi connectivity index (χ1n) is 13.2. The second-order valence-corrected chi connectivity index (χ2v) is 11.1. The van der Waals surface area contributed by atoms with E-state index in [-0.39, 0.29) is 65.1 Å². The summed E-state index contributed by atoms with van der Waals surface area (Å²) in [6, 6.07) is -1.08. The minimum Gasteiger partial charge on any atom is -0.480 e. The Morgan fingerprint density at radius 1 is 1.02 bits per heavy atom. The van der Waals surface area contributed by atoms with Crippen LogP contribution in [-0.4, -0.2) is 154 Å². The number of aliphatic carboxylic acids is 3. The Morgan fingerprint density at radius 2 is 1.59 bits per heavy atom. The highest BCUT2D eigenvalue weighted by atomic mass is 31.2. The molecule has 1 aliphatic heterocycles. The third kappa shape index (κ3) is 14.4. The Kier molecular flexibility index (Phi) is 15.6. The number of amides is 1. The molecule has 1 amide bonds. The molecule has 22 heteroatoms. The summed E-state index contributed by atoms with van der Waals surface area (Å²) in [5.74, 6) is -6.58. The lowest BCUT2D eigenvalue weighted by Gasteiger charge is -2.30. The first-order chi connectivity index (χ1) is 20.7. The fraction of sp³-hybridized carbons (Fsp3) is 0.682. The second kappa shape index (κ2) is 18.3. The highest BCUT2D eigenvalue weighted by Crippen LogP contribution is 2.37. The molecule has 20 nitrogen and oxygen atoms in total. The van der Waals surface area contributed by atoms with E-state index < -0.39 is 59.2 Å². The normalized spacial score (nSPS) is 18.1. The van der Waals surface area contributed by atoms with Crippen LogP contribution < -0.4 is 5.32 Å². The predicted molar refractivity (Wildman–Crippen MR) is 148 cm³/mol. The van der Waals surface area contributed by atoms with Gasteiger partial charge in [-0.15, -0.1) is 4.89 Å². The van der Waals surface area contributed by atoms with E-state index in [2.05, 4.69) is 19.3 Å². The maximum absolute atomic E-state index is 12.5. The quantitative estimate of drug-likeness (QED) is 0.0586. The zero-order chi connectivity index (χ0) is 32.9. The number of nitrogens with zero attached hydrogens (tertiary/aromatic N) is 5. The number of nitrogens with one attached hydrogen (secondary N) is 1. The number of hydrogen-bond donors (Lipinski definition) is 8. The molecule has 3 unspecified atom stereocenters. The molecule has 1 aromatic rings. The number of rotatable bonds is 18. The maximum atomic E-state index is 12.5. The number of carboxylic acid groups (broad SMARTS) is 3. The zero-order valence-corrected chi connectivity index (χ0v) is 25.3. The summed E-state index contributed by atoms with van der Waals surface area (Å²) in [6.45, 7) is 0.360. The van der Waals surface area contributed by atoms with Crippen molar-refractivity contribution in [1.29, 1.82) is 0 Å². The van der Waals surface area contributed by atoms with E-state index in [9.17, 15) is 44.2 Å². The summed E-state index contributed by atoms with van der Waals surface area (Å²) in [7, 11) is -6.50. The van der Waals surface area contributed by atoms with Gasteiger partial charge >= 0.3 is 40.7 Å². The number of imidazole rings is 1. The standard InChI is InChI=1S/C22H36N6O14P2/c29-18(23-4-3-16-11-27(15-24-16)14-22(36,41-43(37)38)42-44(39)40)2-1-17(21(34)35)28-9-7-25(12-19(30)31)5-6-26(8-10-28)13-20(32)33/h11,15,17,36-38H,1-10,12-14H2,(H4-,23,29,30,31,32,33,34,35,39,40)/p+1. The van der Waals surface area contributed by atoms with Gasteiger partial charge in [0.1, 0.15) is 12.6 Å². The molecule has 44 heavy (non-hydrogen) atoms. The summed E-state index contributed by atoms with van der Waals surface area (Å²) < 4.78 is 20.9. The van der Waals surface area contributed by atoms with Crippen molar-refractivity contribution in [3.05, 3.63) is 18.2 Å². The topological polar surface area (TPSA) is 285 Å². The lowest BCUT2D eigenvalue weighted by atomic mass is 10.1. The van der Waals surface area contributed by atoms with Crippen molar-refractivity contribution in [2.24, 2.45) is 0 Å². The van der Waals surface area contributed by atoms with Gasteiger partial charge in [-0.25, -0.2) is 9.51 Å². The van der Waals surface area contributed by atoms with Crippen molar-refractivity contribution in [2.75, 3.05) is 58.9 Å². The molecule has 0 bridgehead atoms. The first kappa shape index (κ1) is 37.4. The van der Waals surface area contributed by atoms with E-state index >= 15 is 0 Å². The molecule has 8 N–H and O–H groups in total. The Morgan fingerprint density at radius 3 is 2.09 bits per heavy atom. The highest BCUT2D eigenvalue weighted by molar-refractivity contribution is 7.39. The van der Waals surface area contributed by atoms with Gasteiger partial charge in [-0.3, -0.25) is 33.9 Å². The highest BCUT2D eigenvalue weighted by Gasteiger charge is 2.43. The van der Waals surface area contributed by atoms with Crippen LogP contribution in [0.1, 0.15) is 18.5 Å². The maximum Gasteiger partial charge on any atom is 0.700 e. The van der Waals surface area contributed by atoms with Crippen LogP contribution in [0.25, 0.3) is 0 Å². The number of carbonyl (C=O) groups excluding carboxylic acids is 1. The van der Waals surface area contributed by atoms with Crippen LogP contribution in [0, 0.1) is 0 Å². The minimum absolute atomic E-state index is 0.0579. The molecule has 1 aromatic heterocycles. The van der Waals surface area contributed by atoms with Gasteiger partial charge < -0.3 is 40.1 Å². The first-order valence-corrected chi connectivity index (χ1v) is 15.5. The minimum atomic E-state index is -3.36. The van der Waals surface area contributed by atoms with Gasteiger partial charge in [0.05, 0.1) is 25.1 Å². The zero-order valence-electron chi connectivity index (χ0n) is 23.5. The average molecular weight is 672 g/mol. The third-order valence-electron chi connectivity index (χ3n) is 6.45. The number of aromatic nitrogens is 2. The Bertz CT molecular complexity index is 1110. The molecule has 1 aliphatic rings. The Hall–Kier alpha value is -2.74. The van der Waals surface area contributed by atoms with E-state index in [0.717, 1.165) is 0 Å². The fourth-order valence-electron chi connectivity index (χ4n) is 4.49. The second-order valence-electron chi connectivity index (χ2n) is 9.79. The van der Waals surface area contributed by atoms with Gasteiger partial charge in [0.2, 0.25) is 5.91 Å². The van der Waals surface area contributed by atoms with Crippen molar-refractivity contribution in [2.45, 2.75) is 37.8 Å². The van der Waals surface area contributed by atoms with Gasteiger partial charge in [-0.2, -0.15) is 0 Å². The Balaban J connectivity index is 1.92. The molecule has 0 saturated carbocycles. The van der Waals surface area contributed by atoms with Gasteiger partial charge in [-0.1, -0.05) is 0 Å². The van der Waals surface area contributed by atoms with Crippen molar-refractivity contribution in [3.63, 3.8) is 0 Å². The van der Waals surface area contributed by atoms with Crippen molar-refractivity contribution in [1.82, 2.24) is 29.6 Å². The molecule has 1 fully saturated rings. The molecular weight excluding hydrogens is 634 g/mol. The number of carbonyl (C=O) groups is 4. The lowest BCUT2D eigenvalue weighted by molar-refractivity contribution is -0.283. The summed E-state index contributed by atoms with van der Waals surface area (Å²) in [5.41, 5.74) is 0.410. The van der Waals surface area contributed by atoms with Gasteiger partial charge in [0, 0.05) is 69.4 Å². The van der Waals surface area contributed by atoms with E-state index in [1.54, 1.807) is 14.7 Å². The molecule has 2 rings (SSSR count). The summed E-state index contributed by atoms with van der Waals surface area (Å²) in [5, 5.41) is 41.1. The van der Waals surface area contributed by atoms with Crippen LogP contribution >= 0.6 is 16.9 Å². The van der Waals surface area contributed by atoms with E-state index in [0.29, 0.717) is 18.8 Å². The summed E-state index contributed by atoms with van der Waals surface area (Å²) in [6.07, 6.45) is 2.59. The molecule has 1 saturated heterocycles.